The fraction of sp³-hybridized carbons (Fsp3) is 0.417. The largest absolute Gasteiger partial charge is 0.389 e. The average Bonchev–Trinajstić information content (AvgIpc) is 2.76. The van der Waals surface area contributed by atoms with Crippen LogP contribution in [0.4, 0.5) is 4.39 Å². The third-order valence-corrected chi connectivity index (χ3v) is 5.53. The highest BCUT2D eigenvalue weighted by Gasteiger charge is 2.32. The van der Waals surface area contributed by atoms with Gasteiger partial charge in [0.15, 0.2) is 0 Å². The van der Waals surface area contributed by atoms with Gasteiger partial charge in [0, 0.05) is 18.2 Å². The molecule has 1 heterocycles. The molecule has 0 radical (unpaired) electrons. The van der Waals surface area contributed by atoms with Gasteiger partial charge in [0.05, 0.1) is 4.90 Å². The fourth-order valence-corrected chi connectivity index (χ4v) is 4.14. The summed E-state index contributed by atoms with van der Waals surface area (Å²) in [7, 11) is -3.61. The van der Waals surface area contributed by atoms with Gasteiger partial charge < -0.3 is 5.73 Å². The molecule has 0 amide bonds. The average molecular weight is 302 g/mol. The molecule has 1 aliphatic rings. The van der Waals surface area contributed by atoms with E-state index in [1.165, 1.54) is 16.4 Å². The molecule has 7 heteroatoms. The van der Waals surface area contributed by atoms with Gasteiger partial charge in [-0.1, -0.05) is 12.2 Å². The molecular weight excluding hydrogens is 287 g/mol. The van der Waals surface area contributed by atoms with Gasteiger partial charge in [-0.15, -0.1) is 0 Å². The first-order valence-electron chi connectivity index (χ1n) is 5.95. The van der Waals surface area contributed by atoms with Crippen molar-refractivity contribution < 1.29 is 12.8 Å². The first kappa shape index (κ1) is 14.4. The highest BCUT2D eigenvalue weighted by atomic mass is 32.2. The van der Waals surface area contributed by atoms with Crippen LogP contribution in [-0.4, -0.2) is 30.3 Å². The molecule has 0 aliphatic carbocycles. The molecule has 0 saturated carbocycles. The minimum Gasteiger partial charge on any atom is -0.389 e. The predicted molar refractivity (Wildman–Crippen MR) is 74.9 cm³/mol. The van der Waals surface area contributed by atoms with Crippen molar-refractivity contribution in [1.82, 2.24) is 4.31 Å². The zero-order valence-electron chi connectivity index (χ0n) is 10.5. The van der Waals surface area contributed by atoms with Gasteiger partial charge in [0.25, 0.3) is 0 Å². The van der Waals surface area contributed by atoms with Gasteiger partial charge in [-0.2, -0.15) is 4.31 Å². The van der Waals surface area contributed by atoms with Gasteiger partial charge >= 0.3 is 0 Å². The Bertz CT molecular complexity index is 616. The summed E-state index contributed by atoms with van der Waals surface area (Å²) in [5, 5.41) is 0. The van der Waals surface area contributed by atoms with Gasteiger partial charge in [0.1, 0.15) is 10.8 Å². The summed E-state index contributed by atoms with van der Waals surface area (Å²) in [4.78, 5) is -0.116. The van der Waals surface area contributed by atoms with Crippen LogP contribution in [0, 0.1) is 5.82 Å². The number of thiocarbonyl (C=S) groups is 1. The van der Waals surface area contributed by atoms with Crippen molar-refractivity contribution in [3.63, 3.8) is 0 Å². The van der Waals surface area contributed by atoms with Crippen LogP contribution in [0.1, 0.15) is 25.3 Å². The lowest BCUT2D eigenvalue weighted by molar-refractivity contribution is 0.408. The molecule has 1 atom stereocenters. The Hall–Kier alpha value is -1.05. The fourth-order valence-electron chi connectivity index (χ4n) is 2.25. The monoisotopic (exact) mass is 302 g/mol. The van der Waals surface area contributed by atoms with E-state index < -0.39 is 15.8 Å². The van der Waals surface area contributed by atoms with Crippen LogP contribution in [-0.2, 0) is 10.0 Å². The van der Waals surface area contributed by atoms with E-state index in [4.69, 9.17) is 18.0 Å². The minimum atomic E-state index is -3.61. The van der Waals surface area contributed by atoms with E-state index in [2.05, 4.69) is 0 Å². The van der Waals surface area contributed by atoms with Crippen molar-refractivity contribution in [3.05, 3.63) is 29.6 Å². The van der Waals surface area contributed by atoms with Crippen LogP contribution >= 0.6 is 12.2 Å². The van der Waals surface area contributed by atoms with Crippen molar-refractivity contribution in [1.29, 1.82) is 0 Å². The maximum atomic E-state index is 13.5. The van der Waals surface area contributed by atoms with Crippen LogP contribution in [0.2, 0.25) is 0 Å². The number of halogens is 1. The third-order valence-electron chi connectivity index (χ3n) is 3.30. The molecule has 0 spiro atoms. The summed E-state index contributed by atoms with van der Waals surface area (Å²) >= 11 is 4.72. The molecule has 1 saturated heterocycles. The molecule has 2 rings (SSSR count). The summed E-state index contributed by atoms with van der Waals surface area (Å²) < 4.78 is 39.8. The predicted octanol–water partition coefficient (Wildman–Crippen LogP) is 1.63. The molecule has 1 unspecified atom stereocenters. The quantitative estimate of drug-likeness (QED) is 0.862. The van der Waals surface area contributed by atoms with Crippen LogP contribution in [0.5, 0.6) is 0 Å². The summed E-state index contributed by atoms with van der Waals surface area (Å²) in [6.45, 7) is 2.35. The molecule has 1 fully saturated rings. The van der Waals surface area contributed by atoms with Crippen LogP contribution in [0.3, 0.4) is 0 Å². The molecule has 0 bridgehead atoms. The standard InChI is InChI=1S/C12H15FN2O2S2/c1-8-3-2-6-15(8)19(16,17)9-4-5-11(13)10(7-9)12(14)18/h4-5,7-8H,2-3,6H2,1H3,(H2,14,18). The first-order valence-corrected chi connectivity index (χ1v) is 7.80. The first-order chi connectivity index (χ1) is 8.84. The second-order valence-electron chi connectivity index (χ2n) is 4.61. The van der Waals surface area contributed by atoms with Gasteiger partial charge in [-0.3, -0.25) is 0 Å². The van der Waals surface area contributed by atoms with Crippen molar-refractivity contribution in [2.45, 2.75) is 30.7 Å². The van der Waals surface area contributed by atoms with Crippen LogP contribution in [0.25, 0.3) is 0 Å². The van der Waals surface area contributed by atoms with Crippen molar-refractivity contribution in [2.75, 3.05) is 6.54 Å². The molecule has 19 heavy (non-hydrogen) atoms. The second-order valence-corrected chi connectivity index (χ2v) is 6.94. The molecular formula is C12H15FN2O2S2. The molecule has 4 nitrogen and oxygen atoms in total. The van der Waals surface area contributed by atoms with E-state index in [-0.39, 0.29) is 21.5 Å². The number of benzene rings is 1. The van der Waals surface area contributed by atoms with Crippen LogP contribution < -0.4 is 5.73 Å². The lowest BCUT2D eigenvalue weighted by Crippen LogP contribution is -2.33. The second kappa shape index (κ2) is 5.15. The molecule has 0 aromatic heterocycles. The van der Waals surface area contributed by atoms with E-state index in [1.54, 1.807) is 0 Å². The Balaban J connectivity index is 2.46. The topological polar surface area (TPSA) is 63.4 Å². The summed E-state index contributed by atoms with van der Waals surface area (Å²) in [5.41, 5.74) is 5.35. The number of nitrogens with zero attached hydrogens (tertiary/aromatic N) is 1. The van der Waals surface area contributed by atoms with Gasteiger partial charge in [-0.05, 0) is 38.0 Å². The Morgan fingerprint density at radius 2 is 2.21 bits per heavy atom. The zero-order valence-corrected chi connectivity index (χ0v) is 12.1. The number of sulfonamides is 1. The van der Waals surface area contributed by atoms with E-state index in [0.29, 0.717) is 6.54 Å². The Morgan fingerprint density at radius 1 is 1.53 bits per heavy atom. The normalized spacial score (nSPS) is 20.6. The highest BCUT2D eigenvalue weighted by Crippen LogP contribution is 2.26. The molecule has 1 aliphatic heterocycles. The van der Waals surface area contributed by atoms with E-state index in [0.717, 1.165) is 18.9 Å². The molecule has 1 aromatic carbocycles. The maximum absolute atomic E-state index is 13.5. The lowest BCUT2D eigenvalue weighted by Gasteiger charge is -2.21. The van der Waals surface area contributed by atoms with Crippen molar-refractivity contribution >= 4 is 27.2 Å². The van der Waals surface area contributed by atoms with E-state index >= 15 is 0 Å². The van der Waals surface area contributed by atoms with Crippen molar-refractivity contribution in [3.8, 4) is 0 Å². The highest BCUT2D eigenvalue weighted by molar-refractivity contribution is 7.89. The zero-order chi connectivity index (χ0) is 14.2. The molecule has 2 N–H and O–H groups in total. The van der Waals surface area contributed by atoms with Crippen LogP contribution in [0.15, 0.2) is 23.1 Å². The molecule has 104 valence electrons. The SMILES string of the molecule is CC1CCCN1S(=O)(=O)c1ccc(F)c(C(N)=S)c1. The number of nitrogens with two attached hydrogens (primary N) is 1. The Labute approximate surface area is 117 Å². The van der Waals surface area contributed by atoms with Gasteiger partial charge in [-0.25, -0.2) is 12.8 Å². The number of rotatable bonds is 3. The molecule has 1 aromatic rings. The summed E-state index contributed by atoms with van der Waals surface area (Å²) in [6.07, 6.45) is 1.67. The lowest BCUT2D eigenvalue weighted by atomic mass is 10.2. The maximum Gasteiger partial charge on any atom is 0.243 e. The summed E-state index contributed by atoms with van der Waals surface area (Å²) in [6, 6.07) is 3.50. The van der Waals surface area contributed by atoms with Crippen molar-refractivity contribution in [2.24, 2.45) is 5.73 Å². The van der Waals surface area contributed by atoms with E-state index in [9.17, 15) is 12.8 Å². The minimum absolute atomic E-state index is 0.0328. The van der Waals surface area contributed by atoms with Gasteiger partial charge in [0.2, 0.25) is 10.0 Å². The number of hydrogen-bond donors (Lipinski definition) is 1. The summed E-state index contributed by atoms with van der Waals surface area (Å²) in [5.74, 6) is -0.610. The smallest absolute Gasteiger partial charge is 0.243 e. The third kappa shape index (κ3) is 2.63. The number of hydrogen-bond acceptors (Lipinski definition) is 3. The Kier molecular flexibility index (Phi) is 3.89. The Morgan fingerprint density at radius 3 is 2.74 bits per heavy atom. The van der Waals surface area contributed by atoms with E-state index in [1.807, 2.05) is 6.92 Å².